The summed E-state index contributed by atoms with van der Waals surface area (Å²) in [6, 6.07) is 42.1. The summed E-state index contributed by atoms with van der Waals surface area (Å²) in [4.78, 5) is 0. The average molecular weight is 810 g/mol. The van der Waals surface area contributed by atoms with Crippen LogP contribution in [0.5, 0.6) is 11.5 Å². The summed E-state index contributed by atoms with van der Waals surface area (Å²) in [5, 5.41) is 7.24. The molecule has 5 aromatic carbocycles. The molecule has 0 aliphatic rings. The van der Waals surface area contributed by atoms with Gasteiger partial charge in [-0.2, -0.15) is 35.4 Å². The van der Waals surface area contributed by atoms with E-state index in [2.05, 4.69) is 139 Å². The Morgan fingerprint density at radius 2 is 1.44 bits per heavy atom. The Bertz CT molecular complexity index is 2270. The van der Waals surface area contributed by atoms with E-state index in [0.717, 1.165) is 39.2 Å². The Morgan fingerprint density at radius 1 is 0.729 bits per heavy atom. The fraction of sp³-hybridized carbons (Fsp3) is 0.233. The van der Waals surface area contributed by atoms with Crippen LogP contribution in [-0.2, 0) is 26.5 Å². The molecule has 0 bridgehead atoms. The number of aromatic nitrogens is 3. The van der Waals surface area contributed by atoms with Crippen LogP contribution in [0.1, 0.15) is 55.8 Å². The van der Waals surface area contributed by atoms with Crippen molar-refractivity contribution in [3.05, 3.63) is 137 Å². The van der Waals surface area contributed by atoms with Crippen LogP contribution in [0, 0.1) is 51.8 Å². The zero-order valence-electron chi connectivity index (χ0n) is 28.8. The van der Waals surface area contributed by atoms with E-state index in [1.54, 1.807) is 0 Å². The Hall–Kier alpha value is -4.40. The minimum Gasteiger partial charge on any atom is -0.509 e. The molecular formula is C43H40N3OPt-3. The average Bonchev–Trinajstić information content (AvgIpc) is 3.54. The van der Waals surface area contributed by atoms with Crippen LogP contribution < -0.4 is 4.74 Å². The molecule has 0 N–H and O–H groups in total. The summed E-state index contributed by atoms with van der Waals surface area (Å²) in [6.45, 7) is 17.7. The van der Waals surface area contributed by atoms with Gasteiger partial charge < -0.3 is 9.30 Å². The van der Waals surface area contributed by atoms with Gasteiger partial charge in [-0.1, -0.05) is 75.3 Å². The molecule has 246 valence electrons. The van der Waals surface area contributed by atoms with Crippen LogP contribution in [0.4, 0.5) is 0 Å². The van der Waals surface area contributed by atoms with Gasteiger partial charge in [0.1, 0.15) is 0 Å². The Balaban J connectivity index is 0.00000401. The zero-order valence-corrected chi connectivity index (χ0v) is 31.1. The van der Waals surface area contributed by atoms with Crippen molar-refractivity contribution >= 4 is 21.8 Å². The van der Waals surface area contributed by atoms with Crippen LogP contribution in [0.3, 0.4) is 0 Å². The second-order valence-corrected chi connectivity index (χ2v) is 13.5. The van der Waals surface area contributed by atoms with E-state index in [4.69, 9.17) is 9.84 Å². The molecule has 0 saturated carbocycles. The number of para-hydroxylation sites is 1. The first-order chi connectivity index (χ1) is 22.5. The quantitative estimate of drug-likeness (QED) is 0.150. The molecule has 2 aromatic heterocycles. The summed E-state index contributed by atoms with van der Waals surface area (Å²) in [5.41, 5.74) is 12.2. The molecule has 0 spiro atoms. The number of hydrogen-bond acceptors (Lipinski definition) is 2. The second-order valence-electron chi connectivity index (χ2n) is 13.5. The van der Waals surface area contributed by atoms with Gasteiger partial charge in [-0.25, -0.2) is 0 Å². The standard InChI is InChI=1S/C43H40N3O.Pt/c1-27(2)43(7,8)32-16-12-17-33(24-32)45-39-21-10-9-20-37(39)38-23-22-36(26-40(38)45)47-35-19-13-18-34(25-35)46-31(6)42(30(5)44-46)41-28(3)14-11-15-29(41)4;/h9-16,18-24,27H,1-8H3;/q-3;. The van der Waals surface area contributed by atoms with Gasteiger partial charge in [-0.3, -0.25) is 4.68 Å². The SMILES string of the molecule is Cc1cccc(C)c1-c1c(C)nn(-c2[c-]c(Oc3[c-]c4c(cc3)c3ccccc3n4-c3[c-]ccc(C(C)(C)C(C)C)c3)ccc2)c1C.[Pt]. The van der Waals surface area contributed by atoms with E-state index in [1.807, 2.05) is 35.0 Å². The molecule has 0 atom stereocenters. The third-order valence-corrected chi connectivity index (χ3v) is 9.99. The monoisotopic (exact) mass is 809 g/mol. The van der Waals surface area contributed by atoms with E-state index in [1.165, 1.54) is 33.2 Å². The first kappa shape index (κ1) is 33.5. The largest absolute Gasteiger partial charge is 0.509 e. The summed E-state index contributed by atoms with van der Waals surface area (Å²) in [6.07, 6.45) is 0. The van der Waals surface area contributed by atoms with Crippen LogP contribution in [-0.4, -0.2) is 14.3 Å². The van der Waals surface area contributed by atoms with E-state index < -0.39 is 0 Å². The van der Waals surface area contributed by atoms with Crippen molar-refractivity contribution < 1.29 is 25.8 Å². The molecule has 7 rings (SSSR count). The first-order valence-electron chi connectivity index (χ1n) is 16.4. The number of hydrogen-bond donors (Lipinski definition) is 0. The van der Waals surface area contributed by atoms with Crippen LogP contribution in [0.2, 0.25) is 0 Å². The minimum atomic E-state index is 0. The summed E-state index contributed by atoms with van der Waals surface area (Å²) < 4.78 is 10.7. The molecule has 0 aliphatic heterocycles. The number of nitrogens with zero attached hydrogens (tertiary/aromatic N) is 3. The van der Waals surface area contributed by atoms with E-state index in [9.17, 15) is 0 Å². The third kappa shape index (κ3) is 5.71. The topological polar surface area (TPSA) is 32.0 Å². The van der Waals surface area contributed by atoms with Gasteiger partial charge in [0.15, 0.2) is 0 Å². The minimum absolute atomic E-state index is 0. The maximum absolute atomic E-state index is 6.47. The fourth-order valence-corrected chi connectivity index (χ4v) is 6.69. The summed E-state index contributed by atoms with van der Waals surface area (Å²) in [7, 11) is 0. The Labute approximate surface area is 298 Å². The van der Waals surface area contributed by atoms with Gasteiger partial charge in [0.2, 0.25) is 0 Å². The predicted octanol–water partition coefficient (Wildman–Crippen LogP) is 11.0. The van der Waals surface area contributed by atoms with Gasteiger partial charge in [0, 0.05) is 49.3 Å². The molecule has 5 heteroatoms. The summed E-state index contributed by atoms with van der Waals surface area (Å²) in [5.74, 6) is 1.72. The zero-order chi connectivity index (χ0) is 33.0. The maximum Gasteiger partial charge on any atom is 0.0678 e. The molecule has 48 heavy (non-hydrogen) atoms. The van der Waals surface area contributed by atoms with Crippen molar-refractivity contribution in [3.63, 3.8) is 0 Å². The third-order valence-electron chi connectivity index (χ3n) is 9.99. The number of benzene rings is 5. The molecule has 0 radical (unpaired) electrons. The molecular weight excluding hydrogens is 770 g/mol. The molecule has 0 fully saturated rings. The molecule has 7 aromatic rings. The molecule has 4 nitrogen and oxygen atoms in total. The number of ether oxygens (including phenoxy) is 1. The van der Waals surface area contributed by atoms with Crippen LogP contribution in [0.25, 0.3) is 44.3 Å². The van der Waals surface area contributed by atoms with Gasteiger partial charge in [0.05, 0.1) is 5.69 Å². The van der Waals surface area contributed by atoms with Crippen LogP contribution in [0.15, 0.2) is 91.0 Å². The van der Waals surface area contributed by atoms with Gasteiger partial charge >= 0.3 is 0 Å². The van der Waals surface area contributed by atoms with Crippen molar-refractivity contribution in [2.24, 2.45) is 5.92 Å². The van der Waals surface area contributed by atoms with E-state index in [-0.39, 0.29) is 26.5 Å². The molecule has 0 unspecified atom stereocenters. The van der Waals surface area contributed by atoms with Crippen molar-refractivity contribution in [1.82, 2.24) is 14.3 Å². The molecule has 0 aliphatic carbocycles. The van der Waals surface area contributed by atoms with Crippen molar-refractivity contribution in [2.45, 2.75) is 60.8 Å². The van der Waals surface area contributed by atoms with Crippen molar-refractivity contribution in [3.8, 4) is 34.0 Å². The second kappa shape index (κ2) is 12.9. The van der Waals surface area contributed by atoms with Gasteiger partial charge in [0.25, 0.3) is 0 Å². The molecule has 2 heterocycles. The van der Waals surface area contributed by atoms with E-state index in [0.29, 0.717) is 17.4 Å². The summed E-state index contributed by atoms with van der Waals surface area (Å²) >= 11 is 0. The maximum atomic E-state index is 6.47. The van der Waals surface area contributed by atoms with Crippen LogP contribution >= 0.6 is 0 Å². The predicted molar refractivity (Wildman–Crippen MR) is 193 cm³/mol. The fourth-order valence-electron chi connectivity index (χ4n) is 6.69. The van der Waals surface area contributed by atoms with Crippen molar-refractivity contribution in [2.75, 3.05) is 0 Å². The normalized spacial score (nSPS) is 11.8. The molecule has 0 saturated heterocycles. The smallest absolute Gasteiger partial charge is 0.0678 e. The van der Waals surface area contributed by atoms with E-state index >= 15 is 0 Å². The van der Waals surface area contributed by atoms with Gasteiger partial charge in [-0.15, -0.1) is 47.3 Å². The first-order valence-corrected chi connectivity index (χ1v) is 16.4. The number of rotatable bonds is 7. The van der Waals surface area contributed by atoms with Gasteiger partial charge in [-0.05, 0) is 72.9 Å². The Kier molecular flexibility index (Phi) is 9.00. The Morgan fingerprint density at radius 3 is 2.19 bits per heavy atom. The molecule has 0 amide bonds. The van der Waals surface area contributed by atoms with Crippen molar-refractivity contribution in [1.29, 1.82) is 0 Å². The number of fused-ring (bicyclic) bond motifs is 3. The number of aryl methyl sites for hydroxylation is 3.